The van der Waals surface area contributed by atoms with Crippen LogP contribution in [0.4, 0.5) is 4.39 Å². The molecule has 1 amide bonds. The molecule has 3 aromatic rings. The zero-order chi connectivity index (χ0) is 17.3. The first kappa shape index (κ1) is 15.8. The zero-order valence-corrected chi connectivity index (χ0v) is 13.1. The summed E-state index contributed by atoms with van der Waals surface area (Å²) in [6.07, 6.45) is 0. The van der Waals surface area contributed by atoms with Gasteiger partial charge in [-0.1, -0.05) is 17.3 Å². The van der Waals surface area contributed by atoms with Crippen molar-refractivity contribution in [2.24, 2.45) is 0 Å². The Morgan fingerprint density at radius 3 is 2.71 bits per heavy atom. The molecule has 124 valence electrons. The minimum Gasteiger partial charge on any atom is -0.347 e. The van der Waals surface area contributed by atoms with E-state index in [1.807, 2.05) is 0 Å². The molecule has 0 radical (unpaired) electrons. The van der Waals surface area contributed by atoms with Gasteiger partial charge in [-0.25, -0.2) is 14.1 Å². The molecule has 0 aliphatic heterocycles. The fraction of sp³-hybridized carbons (Fsp3) is 0.267. The van der Waals surface area contributed by atoms with E-state index >= 15 is 0 Å². The third kappa shape index (κ3) is 3.14. The Morgan fingerprint density at radius 1 is 1.33 bits per heavy atom. The average molecular weight is 330 g/mol. The highest BCUT2D eigenvalue weighted by atomic mass is 19.1. The second kappa shape index (κ2) is 6.19. The van der Waals surface area contributed by atoms with Crippen molar-refractivity contribution in [3.05, 3.63) is 51.8 Å². The van der Waals surface area contributed by atoms with Gasteiger partial charge in [0.1, 0.15) is 5.82 Å². The number of nitrogens with one attached hydrogen (secondary N) is 2. The molecule has 0 aliphatic carbocycles. The quantitative estimate of drug-likeness (QED) is 0.737. The second-order valence-corrected chi connectivity index (χ2v) is 5.59. The molecule has 3 rings (SSSR count). The number of carbonyl (C=O) groups excluding carboxylic acids is 1. The number of fused-ring (bicyclic) bond motifs is 1. The van der Waals surface area contributed by atoms with Crippen molar-refractivity contribution in [2.75, 3.05) is 0 Å². The molecule has 0 aliphatic rings. The summed E-state index contributed by atoms with van der Waals surface area (Å²) in [7, 11) is 0. The van der Waals surface area contributed by atoms with E-state index < -0.39 is 11.5 Å². The lowest BCUT2D eigenvalue weighted by atomic mass is 10.2. The first-order chi connectivity index (χ1) is 11.4. The van der Waals surface area contributed by atoms with Crippen LogP contribution in [-0.4, -0.2) is 36.9 Å². The van der Waals surface area contributed by atoms with E-state index in [1.54, 1.807) is 26.0 Å². The summed E-state index contributed by atoms with van der Waals surface area (Å²) in [5.41, 5.74) is 0.452. The minimum atomic E-state index is -0.542. The molecule has 2 aromatic heterocycles. The third-order valence-electron chi connectivity index (χ3n) is 3.25. The van der Waals surface area contributed by atoms with Gasteiger partial charge in [0.25, 0.3) is 11.5 Å². The maximum Gasteiger partial charge on any atom is 0.287 e. The maximum absolute atomic E-state index is 13.0. The van der Waals surface area contributed by atoms with Crippen LogP contribution in [0, 0.1) is 5.82 Å². The Labute approximate surface area is 135 Å². The topological polar surface area (TPSA) is 106 Å². The monoisotopic (exact) mass is 330 g/mol. The molecule has 0 spiro atoms. The Bertz CT molecular complexity index is 945. The molecule has 1 aromatic carbocycles. The summed E-state index contributed by atoms with van der Waals surface area (Å²) < 4.78 is 14.4. The summed E-state index contributed by atoms with van der Waals surface area (Å²) in [5, 5.41) is 10.3. The van der Waals surface area contributed by atoms with E-state index in [9.17, 15) is 14.0 Å². The van der Waals surface area contributed by atoms with Crippen LogP contribution >= 0.6 is 0 Å². The van der Waals surface area contributed by atoms with Crippen LogP contribution in [0.5, 0.6) is 0 Å². The summed E-state index contributed by atoms with van der Waals surface area (Å²) >= 11 is 0. The van der Waals surface area contributed by atoms with Gasteiger partial charge in [0.05, 0.1) is 6.54 Å². The van der Waals surface area contributed by atoms with Crippen LogP contribution < -0.4 is 10.9 Å². The molecule has 0 bridgehead atoms. The zero-order valence-electron chi connectivity index (χ0n) is 13.1. The van der Waals surface area contributed by atoms with Gasteiger partial charge in [-0.2, -0.15) is 0 Å². The van der Waals surface area contributed by atoms with Crippen molar-refractivity contribution in [2.45, 2.75) is 26.4 Å². The van der Waals surface area contributed by atoms with Crippen molar-refractivity contribution in [1.82, 2.24) is 30.3 Å². The summed E-state index contributed by atoms with van der Waals surface area (Å²) in [6, 6.07) is 5.76. The van der Waals surface area contributed by atoms with Gasteiger partial charge in [-0.05, 0) is 31.5 Å². The van der Waals surface area contributed by atoms with Gasteiger partial charge in [-0.15, -0.1) is 5.10 Å². The molecule has 0 saturated heterocycles. The van der Waals surface area contributed by atoms with Gasteiger partial charge in [0.15, 0.2) is 11.2 Å². The van der Waals surface area contributed by atoms with Crippen LogP contribution in [0.3, 0.4) is 0 Å². The van der Waals surface area contributed by atoms with Gasteiger partial charge in [-0.3, -0.25) is 9.59 Å². The summed E-state index contributed by atoms with van der Waals surface area (Å²) in [6.45, 7) is 3.85. The highest BCUT2D eigenvalue weighted by molar-refractivity contribution is 5.91. The number of aromatic nitrogens is 5. The molecule has 2 N–H and O–H groups in total. The number of benzene rings is 1. The van der Waals surface area contributed by atoms with Crippen molar-refractivity contribution >= 4 is 17.1 Å². The standard InChI is InChI=1S/C15H15FN6O2/c1-8(2)17-15(24)12-18-13-11(14(23)19-12)20-21-22(13)7-9-3-5-10(16)6-4-9/h3-6,8H,7H2,1-2H3,(H,17,24)(H,18,19,23). The van der Waals surface area contributed by atoms with Gasteiger partial charge < -0.3 is 10.3 Å². The van der Waals surface area contributed by atoms with Gasteiger partial charge in [0.2, 0.25) is 5.82 Å². The molecule has 24 heavy (non-hydrogen) atoms. The molecule has 8 nitrogen and oxygen atoms in total. The first-order valence-corrected chi connectivity index (χ1v) is 7.33. The molecule has 0 unspecified atom stereocenters. The molecular formula is C15H15FN6O2. The molecule has 0 saturated carbocycles. The maximum atomic E-state index is 13.0. The number of amides is 1. The molecule has 0 fully saturated rings. The highest BCUT2D eigenvalue weighted by Crippen LogP contribution is 2.09. The van der Waals surface area contributed by atoms with Crippen LogP contribution in [0.1, 0.15) is 30.0 Å². The van der Waals surface area contributed by atoms with Gasteiger partial charge >= 0.3 is 0 Å². The molecule has 9 heteroatoms. The first-order valence-electron chi connectivity index (χ1n) is 7.33. The number of carbonyl (C=O) groups is 1. The SMILES string of the molecule is CC(C)NC(=O)c1nc2c(nnn2Cc2ccc(F)cc2)c(=O)[nH]1. The number of hydrogen-bond donors (Lipinski definition) is 2. The predicted molar refractivity (Wildman–Crippen MR) is 84.0 cm³/mol. The largest absolute Gasteiger partial charge is 0.347 e. The average Bonchev–Trinajstić information content (AvgIpc) is 2.92. The van der Waals surface area contributed by atoms with Crippen molar-refractivity contribution in [3.63, 3.8) is 0 Å². The van der Waals surface area contributed by atoms with Gasteiger partial charge in [0, 0.05) is 6.04 Å². The van der Waals surface area contributed by atoms with E-state index in [1.165, 1.54) is 16.8 Å². The van der Waals surface area contributed by atoms with E-state index in [-0.39, 0.29) is 35.4 Å². The number of nitrogens with zero attached hydrogens (tertiary/aromatic N) is 4. The number of hydrogen-bond acceptors (Lipinski definition) is 5. The fourth-order valence-electron chi connectivity index (χ4n) is 2.17. The summed E-state index contributed by atoms with van der Waals surface area (Å²) in [4.78, 5) is 30.7. The third-order valence-corrected chi connectivity index (χ3v) is 3.25. The highest BCUT2D eigenvalue weighted by Gasteiger charge is 2.16. The number of aromatic amines is 1. The Kier molecular flexibility index (Phi) is 4.07. The van der Waals surface area contributed by atoms with E-state index in [2.05, 4.69) is 25.6 Å². The van der Waals surface area contributed by atoms with Crippen molar-refractivity contribution < 1.29 is 9.18 Å². The summed E-state index contributed by atoms with van der Waals surface area (Å²) in [5.74, 6) is -0.938. The molecule has 2 heterocycles. The molecular weight excluding hydrogens is 315 g/mol. The normalized spacial score (nSPS) is 11.2. The van der Waals surface area contributed by atoms with Crippen molar-refractivity contribution in [3.8, 4) is 0 Å². The van der Waals surface area contributed by atoms with Crippen LogP contribution in [0.15, 0.2) is 29.1 Å². The molecule has 0 atom stereocenters. The number of H-pyrrole nitrogens is 1. The number of rotatable bonds is 4. The number of halogens is 1. The van der Waals surface area contributed by atoms with E-state index in [0.29, 0.717) is 0 Å². The Balaban J connectivity index is 2.00. The van der Waals surface area contributed by atoms with Crippen LogP contribution in [0.2, 0.25) is 0 Å². The predicted octanol–water partition coefficient (Wildman–Crippen LogP) is 0.840. The lowest BCUT2D eigenvalue weighted by molar-refractivity contribution is 0.0932. The van der Waals surface area contributed by atoms with Crippen LogP contribution in [0.25, 0.3) is 11.2 Å². The lowest BCUT2D eigenvalue weighted by Gasteiger charge is -2.07. The Morgan fingerprint density at radius 2 is 2.04 bits per heavy atom. The van der Waals surface area contributed by atoms with E-state index in [0.717, 1.165) is 5.56 Å². The lowest BCUT2D eigenvalue weighted by Crippen LogP contribution is -2.33. The van der Waals surface area contributed by atoms with E-state index in [4.69, 9.17) is 0 Å². The van der Waals surface area contributed by atoms with Crippen LogP contribution in [-0.2, 0) is 6.54 Å². The Hall–Kier alpha value is -3.10. The fourth-order valence-corrected chi connectivity index (χ4v) is 2.17. The minimum absolute atomic E-state index is 0.0400. The smallest absolute Gasteiger partial charge is 0.287 e. The van der Waals surface area contributed by atoms with Crippen molar-refractivity contribution in [1.29, 1.82) is 0 Å². The second-order valence-electron chi connectivity index (χ2n) is 5.59.